The Morgan fingerprint density at radius 1 is 1.10 bits per heavy atom. The summed E-state index contributed by atoms with van der Waals surface area (Å²) in [6.07, 6.45) is 4.99. The first-order chi connectivity index (χ1) is 10.1. The van der Waals surface area contributed by atoms with E-state index in [-0.39, 0.29) is 0 Å². The van der Waals surface area contributed by atoms with E-state index in [1.807, 2.05) is 6.20 Å². The largest absolute Gasteiger partial charge is 0.441 e. The van der Waals surface area contributed by atoms with E-state index in [2.05, 4.69) is 50.1 Å². The van der Waals surface area contributed by atoms with Gasteiger partial charge in [0.15, 0.2) is 11.7 Å². The molecule has 0 saturated heterocycles. The summed E-state index contributed by atoms with van der Waals surface area (Å²) in [6.45, 7) is 10.7. The lowest BCUT2D eigenvalue weighted by molar-refractivity contribution is 0.491. The highest BCUT2D eigenvalue weighted by molar-refractivity contribution is 5.66. The molecule has 2 rings (SSSR count). The molecule has 0 aliphatic heterocycles. The molecule has 0 aliphatic carbocycles. The summed E-state index contributed by atoms with van der Waals surface area (Å²) in [4.78, 5) is 4.42. The maximum absolute atomic E-state index is 5.94. The lowest BCUT2D eigenvalue weighted by Gasteiger charge is -2.08. The van der Waals surface area contributed by atoms with Gasteiger partial charge in [0.1, 0.15) is 0 Å². The minimum atomic E-state index is 0.836. The van der Waals surface area contributed by atoms with Crippen molar-refractivity contribution in [1.82, 2.24) is 10.3 Å². The van der Waals surface area contributed by atoms with Gasteiger partial charge in [-0.15, -0.1) is 0 Å². The summed E-state index contributed by atoms with van der Waals surface area (Å²) in [5.41, 5.74) is 4.97. The summed E-state index contributed by atoms with van der Waals surface area (Å²) in [7, 11) is 0. The second kappa shape index (κ2) is 7.41. The third kappa shape index (κ3) is 4.18. The van der Waals surface area contributed by atoms with Crippen molar-refractivity contribution in [1.29, 1.82) is 0 Å². The van der Waals surface area contributed by atoms with Crippen LogP contribution in [-0.4, -0.2) is 18.1 Å². The highest BCUT2D eigenvalue weighted by Crippen LogP contribution is 2.29. The smallest absolute Gasteiger partial charge is 0.194 e. The van der Waals surface area contributed by atoms with Gasteiger partial charge in [0, 0.05) is 12.0 Å². The average Bonchev–Trinajstić information content (AvgIpc) is 2.86. The maximum Gasteiger partial charge on any atom is 0.194 e. The Labute approximate surface area is 127 Å². The molecule has 0 radical (unpaired) electrons. The van der Waals surface area contributed by atoms with E-state index in [1.165, 1.54) is 28.7 Å². The van der Waals surface area contributed by atoms with Crippen LogP contribution in [0, 0.1) is 20.8 Å². The van der Waals surface area contributed by atoms with Crippen LogP contribution < -0.4 is 5.32 Å². The van der Waals surface area contributed by atoms with Crippen LogP contribution in [0.4, 0.5) is 0 Å². The predicted molar refractivity (Wildman–Crippen MR) is 87.6 cm³/mol. The number of nitrogens with one attached hydrogen (secondary N) is 1. The Balaban J connectivity index is 2.03. The zero-order valence-corrected chi connectivity index (χ0v) is 13.6. The van der Waals surface area contributed by atoms with Crippen LogP contribution in [-0.2, 0) is 6.42 Å². The molecule has 0 fully saturated rings. The molecule has 0 unspecified atom stereocenters. The van der Waals surface area contributed by atoms with Crippen LogP contribution in [0.3, 0.4) is 0 Å². The SMILES string of the molecule is CCCNCCCc1ncc(-c2c(C)cc(C)cc2C)o1. The number of nitrogens with zero attached hydrogens (tertiary/aromatic N) is 1. The minimum absolute atomic E-state index is 0.836. The van der Waals surface area contributed by atoms with Gasteiger partial charge >= 0.3 is 0 Å². The first kappa shape index (κ1) is 15.8. The molecule has 0 atom stereocenters. The molecular formula is C18H26N2O. The van der Waals surface area contributed by atoms with Crippen molar-refractivity contribution in [2.45, 2.75) is 47.0 Å². The van der Waals surface area contributed by atoms with Gasteiger partial charge in [-0.05, 0) is 57.8 Å². The van der Waals surface area contributed by atoms with Crippen molar-refractivity contribution >= 4 is 0 Å². The van der Waals surface area contributed by atoms with E-state index in [9.17, 15) is 0 Å². The topological polar surface area (TPSA) is 38.1 Å². The van der Waals surface area contributed by atoms with Crippen LogP contribution in [0.1, 0.15) is 42.3 Å². The summed E-state index contributed by atoms with van der Waals surface area (Å²) < 4.78 is 5.94. The molecule has 1 N–H and O–H groups in total. The van der Waals surface area contributed by atoms with Crippen LogP contribution >= 0.6 is 0 Å². The summed E-state index contributed by atoms with van der Waals surface area (Å²) in [5, 5.41) is 3.40. The molecule has 2 aromatic rings. The second-order valence-corrected chi connectivity index (χ2v) is 5.75. The molecule has 0 spiro atoms. The highest BCUT2D eigenvalue weighted by atomic mass is 16.4. The molecule has 0 bridgehead atoms. The summed E-state index contributed by atoms with van der Waals surface area (Å²) in [6, 6.07) is 4.39. The maximum atomic E-state index is 5.94. The fourth-order valence-corrected chi connectivity index (χ4v) is 2.78. The van der Waals surface area contributed by atoms with Gasteiger partial charge < -0.3 is 9.73 Å². The van der Waals surface area contributed by atoms with E-state index in [1.54, 1.807) is 0 Å². The van der Waals surface area contributed by atoms with Crippen LogP contribution in [0.25, 0.3) is 11.3 Å². The lowest BCUT2D eigenvalue weighted by Crippen LogP contribution is -2.16. The van der Waals surface area contributed by atoms with E-state index in [0.717, 1.165) is 37.6 Å². The Bertz CT molecular complexity index is 564. The average molecular weight is 286 g/mol. The second-order valence-electron chi connectivity index (χ2n) is 5.75. The highest BCUT2D eigenvalue weighted by Gasteiger charge is 2.12. The van der Waals surface area contributed by atoms with Crippen LogP contribution in [0.15, 0.2) is 22.7 Å². The van der Waals surface area contributed by atoms with Gasteiger partial charge in [0.05, 0.1) is 6.20 Å². The van der Waals surface area contributed by atoms with E-state index in [4.69, 9.17) is 4.42 Å². The van der Waals surface area contributed by atoms with E-state index in [0.29, 0.717) is 0 Å². The Morgan fingerprint density at radius 3 is 2.48 bits per heavy atom. The third-order valence-electron chi connectivity index (χ3n) is 3.65. The molecule has 1 aromatic carbocycles. The van der Waals surface area contributed by atoms with Crippen LogP contribution in [0.2, 0.25) is 0 Å². The lowest BCUT2D eigenvalue weighted by atomic mass is 9.98. The summed E-state index contributed by atoms with van der Waals surface area (Å²) >= 11 is 0. The van der Waals surface area contributed by atoms with Gasteiger partial charge in [0.25, 0.3) is 0 Å². The molecule has 21 heavy (non-hydrogen) atoms. The zero-order valence-electron chi connectivity index (χ0n) is 13.6. The van der Waals surface area contributed by atoms with Gasteiger partial charge in [-0.25, -0.2) is 4.98 Å². The molecule has 0 saturated carbocycles. The first-order valence-corrected chi connectivity index (χ1v) is 7.85. The molecule has 3 nitrogen and oxygen atoms in total. The number of hydrogen-bond acceptors (Lipinski definition) is 3. The van der Waals surface area contributed by atoms with Gasteiger partial charge in [-0.2, -0.15) is 0 Å². The number of hydrogen-bond donors (Lipinski definition) is 1. The number of aryl methyl sites for hydroxylation is 4. The molecule has 3 heteroatoms. The van der Waals surface area contributed by atoms with Crippen molar-refractivity contribution in [3.63, 3.8) is 0 Å². The molecule has 1 heterocycles. The van der Waals surface area contributed by atoms with Crippen LogP contribution in [0.5, 0.6) is 0 Å². The molecule has 0 amide bonds. The monoisotopic (exact) mass is 286 g/mol. The zero-order chi connectivity index (χ0) is 15.2. The third-order valence-corrected chi connectivity index (χ3v) is 3.65. The van der Waals surface area contributed by atoms with Gasteiger partial charge in [0.2, 0.25) is 0 Å². The number of rotatable bonds is 7. The summed E-state index contributed by atoms with van der Waals surface area (Å²) in [5.74, 6) is 1.73. The predicted octanol–water partition coefficient (Wildman–Crippen LogP) is 4.20. The number of oxazole rings is 1. The normalized spacial score (nSPS) is 11.0. The quantitative estimate of drug-likeness (QED) is 0.775. The number of aromatic nitrogens is 1. The Kier molecular flexibility index (Phi) is 5.57. The van der Waals surface area contributed by atoms with Crippen molar-refractivity contribution < 1.29 is 4.42 Å². The van der Waals surface area contributed by atoms with Gasteiger partial charge in [-0.3, -0.25) is 0 Å². The fourth-order valence-electron chi connectivity index (χ4n) is 2.78. The van der Waals surface area contributed by atoms with Crippen molar-refractivity contribution in [3.05, 3.63) is 40.9 Å². The molecule has 1 aromatic heterocycles. The molecule has 0 aliphatic rings. The van der Waals surface area contributed by atoms with E-state index < -0.39 is 0 Å². The van der Waals surface area contributed by atoms with Gasteiger partial charge in [-0.1, -0.05) is 24.6 Å². The number of benzene rings is 1. The molecular weight excluding hydrogens is 260 g/mol. The molecule has 114 valence electrons. The Hall–Kier alpha value is -1.61. The minimum Gasteiger partial charge on any atom is -0.441 e. The Morgan fingerprint density at radius 2 is 1.81 bits per heavy atom. The van der Waals surface area contributed by atoms with Crippen molar-refractivity contribution in [3.8, 4) is 11.3 Å². The van der Waals surface area contributed by atoms with Crippen molar-refractivity contribution in [2.75, 3.05) is 13.1 Å². The van der Waals surface area contributed by atoms with Crippen molar-refractivity contribution in [2.24, 2.45) is 0 Å². The first-order valence-electron chi connectivity index (χ1n) is 7.85. The van der Waals surface area contributed by atoms with E-state index >= 15 is 0 Å². The fraction of sp³-hybridized carbons (Fsp3) is 0.500. The standard InChI is InChI=1S/C18H26N2O/c1-5-8-19-9-6-7-17-20-12-16(21-17)18-14(3)10-13(2)11-15(18)4/h10-12,19H,5-9H2,1-4H3.